The maximum absolute atomic E-state index is 11.1. The molecular formula is C7H8N2O3. The van der Waals surface area contributed by atoms with E-state index >= 15 is 0 Å². The van der Waals surface area contributed by atoms with E-state index in [1.807, 2.05) is 0 Å². The lowest BCUT2D eigenvalue weighted by atomic mass is 10.2. The predicted molar refractivity (Wildman–Crippen MR) is 40.9 cm³/mol. The number of rotatable bonds is 0. The number of aromatic nitrogens is 2. The zero-order valence-electron chi connectivity index (χ0n) is 6.51. The molecule has 1 aliphatic rings. The van der Waals surface area contributed by atoms with E-state index in [9.17, 15) is 9.59 Å². The molecule has 1 aromatic heterocycles. The molecule has 0 aliphatic carbocycles. The number of nitrogens with one attached hydrogen (secondary N) is 2. The van der Waals surface area contributed by atoms with Crippen molar-refractivity contribution in [3.63, 3.8) is 0 Å². The van der Waals surface area contributed by atoms with Crippen LogP contribution >= 0.6 is 0 Å². The fourth-order valence-corrected chi connectivity index (χ4v) is 1.31. The van der Waals surface area contributed by atoms with Crippen LogP contribution in [0.2, 0.25) is 0 Å². The Morgan fingerprint density at radius 3 is 2.92 bits per heavy atom. The highest BCUT2D eigenvalue weighted by Crippen LogP contribution is 2.23. The van der Waals surface area contributed by atoms with Crippen LogP contribution in [0.5, 0.6) is 0 Å². The maximum atomic E-state index is 11.1. The Balaban J connectivity index is 2.77. The molecule has 0 bridgehead atoms. The highest BCUT2D eigenvalue weighted by Gasteiger charge is 2.22. The summed E-state index contributed by atoms with van der Waals surface area (Å²) in [5.74, 6) is 0. The van der Waals surface area contributed by atoms with E-state index in [0.717, 1.165) is 0 Å². The van der Waals surface area contributed by atoms with E-state index in [0.29, 0.717) is 11.3 Å². The summed E-state index contributed by atoms with van der Waals surface area (Å²) in [5, 5.41) is 0. The standard InChI is InChI=1S/C7H8N2O3/c1-3-5-4(2-12-3)6(10)9-7(11)8-5/h3H,2H2,1H3,(H2,8,9,10,11)/t3-/m1/s1. The van der Waals surface area contributed by atoms with E-state index in [1.54, 1.807) is 6.92 Å². The smallest absolute Gasteiger partial charge is 0.325 e. The topological polar surface area (TPSA) is 75.0 Å². The summed E-state index contributed by atoms with van der Waals surface area (Å²) >= 11 is 0. The average Bonchev–Trinajstić information content (AvgIpc) is 2.33. The molecule has 0 saturated heterocycles. The Morgan fingerprint density at radius 1 is 1.42 bits per heavy atom. The molecule has 64 valence electrons. The SMILES string of the molecule is C[C@H]1OCc2c1[nH]c(=O)[nH]c2=O. The molecule has 0 spiro atoms. The van der Waals surface area contributed by atoms with E-state index in [2.05, 4.69) is 9.97 Å². The lowest BCUT2D eigenvalue weighted by Crippen LogP contribution is -2.26. The van der Waals surface area contributed by atoms with Crippen LogP contribution in [0.1, 0.15) is 24.3 Å². The van der Waals surface area contributed by atoms with Crippen LogP contribution < -0.4 is 11.2 Å². The Morgan fingerprint density at radius 2 is 2.17 bits per heavy atom. The zero-order chi connectivity index (χ0) is 8.72. The van der Waals surface area contributed by atoms with Crippen LogP contribution in [0.3, 0.4) is 0 Å². The van der Waals surface area contributed by atoms with E-state index < -0.39 is 5.69 Å². The quantitative estimate of drug-likeness (QED) is 0.556. The van der Waals surface area contributed by atoms with Gasteiger partial charge in [0, 0.05) is 0 Å². The van der Waals surface area contributed by atoms with E-state index in [1.165, 1.54) is 0 Å². The van der Waals surface area contributed by atoms with Gasteiger partial charge in [0.05, 0.1) is 24.0 Å². The van der Waals surface area contributed by atoms with E-state index in [-0.39, 0.29) is 18.3 Å². The molecule has 0 unspecified atom stereocenters. The van der Waals surface area contributed by atoms with Gasteiger partial charge in [0.2, 0.25) is 0 Å². The molecule has 0 fully saturated rings. The van der Waals surface area contributed by atoms with Crippen molar-refractivity contribution in [2.45, 2.75) is 19.6 Å². The van der Waals surface area contributed by atoms with Gasteiger partial charge in [-0.05, 0) is 6.92 Å². The molecule has 1 atom stereocenters. The van der Waals surface area contributed by atoms with Crippen molar-refractivity contribution in [1.29, 1.82) is 0 Å². The van der Waals surface area contributed by atoms with Gasteiger partial charge in [-0.3, -0.25) is 9.78 Å². The summed E-state index contributed by atoms with van der Waals surface area (Å²) < 4.78 is 5.17. The second kappa shape index (κ2) is 2.31. The van der Waals surface area contributed by atoms with Gasteiger partial charge >= 0.3 is 5.69 Å². The minimum absolute atomic E-state index is 0.185. The van der Waals surface area contributed by atoms with Gasteiger partial charge in [0.15, 0.2) is 0 Å². The molecule has 0 saturated carbocycles. The summed E-state index contributed by atoms with van der Waals surface area (Å²) in [5.41, 5.74) is 0.306. The highest BCUT2D eigenvalue weighted by molar-refractivity contribution is 5.20. The second-order valence-corrected chi connectivity index (χ2v) is 2.75. The lowest BCUT2D eigenvalue weighted by molar-refractivity contribution is 0.0776. The van der Waals surface area contributed by atoms with Crippen LogP contribution in [0, 0.1) is 0 Å². The number of fused-ring (bicyclic) bond motifs is 1. The molecule has 2 rings (SSSR count). The van der Waals surface area contributed by atoms with Gasteiger partial charge in [0.1, 0.15) is 0 Å². The predicted octanol–water partition coefficient (Wildman–Crippen LogP) is -0.346. The molecule has 2 N–H and O–H groups in total. The number of H-pyrrole nitrogens is 2. The first-order valence-electron chi connectivity index (χ1n) is 3.65. The minimum Gasteiger partial charge on any atom is -0.367 e. The van der Waals surface area contributed by atoms with Gasteiger partial charge in [-0.15, -0.1) is 0 Å². The first-order valence-corrected chi connectivity index (χ1v) is 3.65. The molecule has 5 heteroatoms. The average molecular weight is 168 g/mol. The Hall–Kier alpha value is -1.36. The third-order valence-electron chi connectivity index (χ3n) is 1.96. The van der Waals surface area contributed by atoms with Crippen molar-refractivity contribution in [2.24, 2.45) is 0 Å². The molecular weight excluding hydrogens is 160 g/mol. The van der Waals surface area contributed by atoms with Crippen molar-refractivity contribution in [2.75, 3.05) is 0 Å². The number of ether oxygens (including phenoxy) is 1. The highest BCUT2D eigenvalue weighted by atomic mass is 16.5. The fourth-order valence-electron chi connectivity index (χ4n) is 1.31. The van der Waals surface area contributed by atoms with Crippen molar-refractivity contribution in [3.05, 3.63) is 32.1 Å². The van der Waals surface area contributed by atoms with Crippen LogP contribution in [-0.4, -0.2) is 9.97 Å². The molecule has 0 aromatic carbocycles. The van der Waals surface area contributed by atoms with Crippen LogP contribution in [0.25, 0.3) is 0 Å². The van der Waals surface area contributed by atoms with Crippen LogP contribution in [0.15, 0.2) is 9.59 Å². The number of hydrogen-bond donors (Lipinski definition) is 2. The first kappa shape index (κ1) is 7.30. The summed E-state index contributed by atoms with van der Waals surface area (Å²) in [6.07, 6.45) is -0.185. The minimum atomic E-state index is -0.476. The van der Waals surface area contributed by atoms with Gasteiger partial charge in [-0.1, -0.05) is 0 Å². The van der Waals surface area contributed by atoms with Crippen molar-refractivity contribution in [1.82, 2.24) is 9.97 Å². The van der Waals surface area contributed by atoms with Gasteiger partial charge in [0.25, 0.3) is 5.56 Å². The summed E-state index contributed by atoms with van der Waals surface area (Å²) in [4.78, 5) is 26.6. The lowest BCUT2D eigenvalue weighted by Gasteiger charge is -2.00. The molecule has 12 heavy (non-hydrogen) atoms. The van der Waals surface area contributed by atoms with Crippen molar-refractivity contribution in [3.8, 4) is 0 Å². The molecule has 1 aromatic rings. The number of hydrogen-bond acceptors (Lipinski definition) is 3. The zero-order valence-corrected chi connectivity index (χ0v) is 6.51. The van der Waals surface area contributed by atoms with Gasteiger partial charge < -0.3 is 9.72 Å². The third kappa shape index (κ3) is 0.902. The van der Waals surface area contributed by atoms with Gasteiger partial charge in [-0.2, -0.15) is 0 Å². The normalized spacial score (nSPS) is 20.9. The largest absolute Gasteiger partial charge is 0.367 e. The van der Waals surface area contributed by atoms with Crippen molar-refractivity contribution >= 4 is 0 Å². The van der Waals surface area contributed by atoms with E-state index in [4.69, 9.17) is 4.74 Å². The molecule has 0 amide bonds. The second-order valence-electron chi connectivity index (χ2n) is 2.75. The summed E-state index contributed by atoms with van der Waals surface area (Å²) in [6.45, 7) is 2.07. The Labute approximate surface area is 67.4 Å². The number of aromatic amines is 2. The third-order valence-corrected chi connectivity index (χ3v) is 1.96. The monoisotopic (exact) mass is 168 g/mol. The molecule has 5 nitrogen and oxygen atoms in total. The van der Waals surface area contributed by atoms with Crippen LogP contribution in [-0.2, 0) is 11.3 Å². The molecule has 2 heterocycles. The Kier molecular flexibility index (Phi) is 1.41. The van der Waals surface area contributed by atoms with Crippen molar-refractivity contribution < 1.29 is 4.74 Å². The summed E-state index contributed by atoms with van der Waals surface area (Å²) in [6, 6.07) is 0. The maximum Gasteiger partial charge on any atom is 0.325 e. The van der Waals surface area contributed by atoms with Gasteiger partial charge in [-0.25, -0.2) is 4.79 Å². The molecule has 1 aliphatic heterocycles. The van der Waals surface area contributed by atoms with Crippen LogP contribution in [0.4, 0.5) is 0 Å². The first-order chi connectivity index (χ1) is 5.68. The Bertz CT molecular complexity index is 417. The molecule has 0 radical (unpaired) electrons. The summed E-state index contributed by atoms with van der Waals surface area (Å²) in [7, 11) is 0. The fraction of sp³-hybridized carbons (Fsp3) is 0.429.